The van der Waals surface area contributed by atoms with Crippen molar-refractivity contribution in [3.05, 3.63) is 23.8 Å². The number of benzene rings is 1. The number of hydrogen-bond acceptors (Lipinski definition) is 5. The molecule has 0 radical (unpaired) electrons. The number of sulfone groups is 1. The van der Waals surface area contributed by atoms with Crippen LogP contribution in [0.1, 0.15) is 24.8 Å². The monoisotopic (exact) mass is 365 g/mol. The highest BCUT2D eigenvalue weighted by molar-refractivity contribution is 7.93. The van der Waals surface area contributed by atoms with Crippen LogP contribution in [0.4, 0.5) is 11.4 Å². The van der Waals surface area contributed by atoms with Crippen LogP contribution in [0, 0.1) is 0 Å². The number of hydrogen-bond donors (Lipinski definition) is 2. The molecular weight excluding hydrogens is 342 g/mol. The Balaban J connectivity index is 1.84. The lowest BCUT2D eigenvalue weighted by molar-refractivity contribution is -0.118. The SMILES string of the molecule is CNCC(=O)N1CCCc2ccc(NC(=O)C3(S(C)(=O)=O)CC3)cc21. The molecule has 1 aromatic carbocycles. The van der Waals surface area contributed by atoms with Gasteiger partial charge in [0.2, 0.25) is 11.8 Å². The number of aryl methyl sites for hydroxylation is 1. The first kappa shape index (κ1) is 17.9. The molecule has 1 heterocycles. The van der Waals surface area contributed by atoms with Crippen LogP contribution in [0.3, 0.4) is 0 Å². The lowest BCUT2D eigenvalue weighted by atomic mass is 10.0. The Hall–Kier alpha value is -1.93. The number of anilines is 2. The van der Waals surface area contributed by atoms with Crippen molar-refractivity contribution in [3.63, 3.8) is 0 Å². The van der Waals surface area contributed by atoms with E-state index in [9.17, 15) is 18.0 Å². The molecule has 2 aliphatic rings. The fourth-order valence-electron chi connectivity index (χ4n) is 3.28. The third-order valence-electron chi connectivity index (χ3n) is 4.92. The first-order chi connectivity index (χ1) is 11.8. The third kappa shape index (κ3) is 3.28. The van der Waals surface area contributed by atoms with Crippen molar-refractivity contribution in [2.45, 2.75) is 30.4 Å². The quantitative estimate of drug-likeness (QED) is 0.801. The minimum atomic E-state index is -3.44. The molecule has 7 nitrogen and oxygen atoms in total. The average Bonchev–Trinajstić information content (AvgIpc) is 3.36. The summed E-state index contributed by atoms with van der Waals surface area (Å²) in [6, 6.07) is 5.42. The summed E-state index contributed by atoms with van der Waals surface area (Å²) in [5, 5.41) is 5.58. The summed E-state index contributed by atoms with van der Waals surface area (Å²) in [6.07, 6.45) is 3.58. The van der Waals surface area contributed by atoms with Crippen LogP contribution < -0.4 is 15.5 Å². The van der Waals surface area contributed by atoms with Crippen molar-refractivity contribution in [1.29, 1.82) is 0 Å². The number of likely N-dealkylation sites (N-methyl/N-ethyl adjacent to an activating group) is 1. The maximum atomic E-state index is 12.4. The molecule has 2 amide bonds. The number of carbonyl (C=O) groups excluding carboxylic acids is 2. The van der Waals surface area contributed by atoms with E-state index in [1.165, 1.54) is 0 Å². The van der Waals surface area contributed by atoms with Crippen LogP contribution in [0.15, 0.2) is 18.2 Å². The number of carbonyl (C=O) groups is 2. The second kappa shape index (κ2) is 6.42. The molecule has 136 valence electrons. The fraction of sp³-hybridized carbons (Fsp3) is 0.529. The summed E-state index contributed by atoms with van der Waals surface area (Å²) in [5.74, 6) is -0.513. The van der Waals surface area contributed by atoms with Crippen molar-refractivity contribution in [1.82, 2.24) is 5.32 Å². The van der Waals surface area contributed by atoms with Gasteiger partial charge in [0.05, 0.1) is 6.54 Å². The Labute approximate surface area is 147 Å². The zero-order chi connectivity index (χ0) is 18.2. The molecule has 1 aliphatic heterocycles. The van der Waals surface area contributed by atoms with E-state index < -0.39 is 20.5 Å². The summed E-state index contributed by atoms with van der Waals surface area (Å²) in [6.45, 7) is 0.880. The highest BCUT2D eigenvalue weighted by Gasteiger charge is 2.58. The first-order valence-corrected chi connectivity index (χ1v) is 10.3. The lowest BCUT2D eigenvalue weighted by Crippen LogP contribution is -2.40. The zero-order valence-corrected chi connectivity index (χ0v) is 15.3. The Morgan fingerprint density at radius 3 is 2.60 bits per heavy atom. The van der Waals surface area contributed by atoms with Crippen LogP contribution >= 0.6 is 0 Å². The van der Waals surface area contributed by atoms with E-state index in [-0.39, 0.29) is 12.5 Å². The lowest BCUT2D eigenvalue weighted by Gasteiger charge is -2.30. The summed E-state index contributed by atoms with van der Waals surface area (Å²) in [4.78, 5) is 26.5. The minimum Gasteiger partial charge on any atom is -0.325 e. The van der Waals surface area contributed by atoms with Gasteiger partial charge in [0.15, 0.2) is 14.6 Å². The van der Waals surface area contributed by atoms with Crippen molar-refractivity contribution < 1.29 is 18.0 Å². The maximum absolute atomic E-state index is 12.4. The van der Waals surface area contributed by atoms with Gasteiger partial charge in [0.25, 0.3) is 0 Å². The molecule has 1 aliphatic carbocycles. The van der Waals surface area contributed by atoms with E-state index in [4.69, 9.17) is 0 Å². The summed E-state index contributed by atoms with van der Waals surface area (Å²) in [5.41, 5.74) is 2.36. The molecule has 0 spiro atoms. The third-order valence-corrected chi connectivity index (χ3v) is 6.93. The van der Waals surface area contributed by atoms with Gasteiger partial charge in [-0.1, -0.05) is 6.07 Å². The first-order valence-electron chi connectivity index (χ1n) is 8.37. The predicted octanol–water partition coefficient (Wildman–Crippen LogP) is 0.701. The van der Waals surface area contributed by atoms with Crippen LogP contribution in [-0.2, 0) is 25.8 Å². The van der Waals surface area contributed by atoms with Crippen LogP contribution in [-0.4, -0.2) is 51.4 Å². The van der Waals surface area contributed by atoms with E-state index in [2.05, 4.69) is 10.6 Å². The molecule has 0 unspecified atom stereocenters. The number of fused-ring (bicyclic) bond motifs is 1. The van der Waals surface area contributed by atoms with Gasteiger partial charge in [-0.2, -0.15) is 0 Å². The Morgan fingerprint density at radius 2 is 2.00 bits per heavy atom. The summed E-state index contributed by atoms with van der Waals surface area (Å²) < 4.78 is 22.5. The molecular formula is C17H23N3O4S. The van der Waals surface area contributed by atoms with Crippen LogP contribution in [0.2, 0.25) is 0 Å². The molecule has 0 aromatic heterocycles. The highest BCUT2D eigenvalue weighted by atomic mass is 32.2. The second-order valence-electron chi connectivity index (χ2n) is 6.74. The Bertz CT molecular complexity index is 815. The van der Waals surface area contributed by atoms with Crippen LogP contribution in [0.5, 0.6) is 0 Å². The van der Waals surface area contributed by atoms with Gasteiger partial charge in [-0.05, 0) is 50.4 Å². The molecule has 1 saturated carbocycles. The van der Waals surface area contributed by atoms with E-state index in [0.717, 1.165) is 30.3 Å². The average molecular weight is 365 g/mol. The normalized spacial score (nSPS) is 18.4. The van der Waals surface area contributed by atoms with Gasteiger partial charge in [-0.3, -0.25) is 9.59 Å². The number of nitrogens with one attached hydrogen (secondary N) is 2. The summed E-state index contributed by atoms with van der Waals surface area (Å²) in [7, 11) is -1.72. The van der Waals surface area contributed by atoms with Gasteiger partial charge >= 0.3 is 0 Å². The van der Waals surface area contributed by atoms with E-state index >= 15 is 0 Å². The Kier molecular flexibility index (Phi) is 4.59. The highest BCUT2D eigenvalue weighted by Crippen LogP contribution is 2.44. The molecule has 2 N–H and O–H groups in total. The molecule has 25 heavy (non-hydrogen) atoms. The van der Waals surface area contributed by atoms with E-state index in [1.807, 2.05) is 6.07 Å². The topological polar surface area (TPSA) is 95.6 Å². The maximum Gasteiger partial charge on any atom is 0.245 e. The van der Waals surface area contributed by atoms with E-state index in [1.54, 1.807) is 24.1 Å². The predicted molar refractivity (Wildman–Crippen MR) is 96.5 cm³/mol. The fourth-order valence-corrected chi connectivity index (χ4v) is 4.51. The molecule has 0 saturated heterocycles. The smallest absolute Gasteiger partial charge is 0.245 e. The van der Waals surface area contributed by atoms with Gasteiger partial charge in [-0.15, -0.1) is 0 Å². The summed E-state index contributed by atoms with van der Waals surface area (Å²) >= 11 is 0. The minimum absolute atomic E-state index is 0.0262. The van der Waals surface area contributed by atoms with Crippen molar-refractivity contribution in [2.75, 3.05) is 36.6 Å². The number of amides is 2. The van der Waals surface area contributed by atoms with Gasteiger partial charge in [-0.25, -0.2) is 8.42 Å². The molecule has 0 atom stereocenters. The second-order valence-corrected chi connectivity index (χ2v) is 9.07. The number of nitrogens with zero attached hydrogens (tertiary/aromatic N) is 1. The molecule has 8 heteroatoms. The van der Waals surface area contributed by atoms with Crippen LogP contribution in [0.25, 0.3) is 0 Å². The van der Waals surface area contributed by atoms with Crippen molar-refractivity contribution >= 4 is 33.0 Å². The van der Waals surface area contributed by atoms with Gasteiger partial charge in [0.1, 0.15) is 0 Å². The molecule has 1 fully saturated rings. The molecule has 0 bridgehead atoms. The van der Waals surface area contributed by atoms with Crippen molar-refractivity contribution in [2.24, 2.45) is 0 Å². The largest absolute Gasteiger partial charge is 0.325 e. The zero-order valence-electron chi connectivity index (χ0n) is 14.5. The van der Waals surface area contributed by atoms with E-state index in [0.29, 0.717) is 25.1 Å². The standard InChI is InChI=1S/C17H23N3O4S/c1-18-11-15(21)20-9-3-4-12-5-6-13(10-14(12)20)19-16(22)17(7-8-17)25(2,23)24/h5-6,10,18H,3-4,7-9,11H2,1-2H3,(H,19,22). The number of rotatable bonds is 5. The Morgan fingerprint density at radius 1 is 1.28 bits per heavy atom. The van der Waals surface area contributed by atoms with Gasteiger partial charge < -0.3 is 15.5 Å². The molecule has 1 aromatic rings. The molecule has 3 rings (SSSR count). The van der Waals surface area contributed by atoms with Gasteiger partial charge in [0, 0.05) is 24.2 Å². The van der Waals surface area contributed by atoms with Crippen molar-refractivity contribution in [3.8, 4) is 0 Å².